The van der Waals surface area contributed by atoms with E-state index in [1.807, 2.05) is 61.5 Å². The van der Waals surface area contributed by atoms with Crippen molar-refractivity contribution < 1.29 is 4.79 Å². The Labute approximate surface area is 173 Å². The van der Waals surface area contributed by atoms with E-state index >= 15 is 0 Å². The Morgan fingerprint density at radius 3 is 2.48 bits per heavy atom. The second kappa shape index (κ2) is 8.24. The molecule has 0 bridgehead atoms. The average molecular weight is 404 g/mol. The Kier molecular flexibility index (Phi) is 5.35. The maximum Gasteiger partial charge on any atom is 0.274 e. The monoisotopic (exact) mass is 403 g/mol. The molecule has 1 atom stereocenters. The third-order valence-electron chi connectivity index (χ3n) is 4.54. The lowest BCUT2D eigenvalue weighted by molar-refractivity contribution is 0.0935. The lowest BCUT2D eigenvalue weighted by atomic mass is 10.1. The Hall–Kier alpha value is -3.51. The van der Waals surface area contributed by atoms with Gasteiger partial charge in [-0.3, -0.25) is 9.78 Å². The third kappa shape index (κ3) is 4.02. The first-order chi connectivity index (χ1) is 14.1. The van der Waals surface area contributed by atoms with Crippen LogP contribution < -0.4 is 5.32 Å². The first kappa shape index (κ1) is 18.8. The number of rotatable bonds is 5. The van der Waals surface area contributed by atoms with Gasteiger partial charge in [0.25, 0.3) is 5.91 Å². The van der Waals surface area contributed by atoms with E-state index in [9.17, 15) is 4.79 Å². The van der Waals surface area contributed by atoms with Crippen LogP contribution in [0.5, 0.6) is 0 Å². The molecule has 1 amide bonds. The van der Waals surface area contributed by atoms with E-state index in [2.05, 4.69) is 20.6 Å². The summed E-state index contributed by atoms with van der Waals surface area (Å²) in [4.78, 5) is 17.2. The number of carbonyl (C=O) groups is 1. The Morgan fingerprint density at radius 1 is 1.03 bits per heavy atom. The highest BCUT2D eigenvalue weighted by Crippen LogP contribution is 2.26. The molecule has 0 spiro atoms. The summed E-state index contributed by atoms with van der Waals surface area (Å²) in [6, 6.07) is 20.4. The molecule has 29 heavy (non-hydrogen) atoms. The van der Waals surface area contributed by atoms with Crippen LogP contribution in [0, 0.1) is 0 Å². The minimum absolute atomic E-state index is 0.175. The highest BCUT2D eigenvalue weighted by Gasteiger charge is 2.23. The van der Waals surface area contributed by atoms with Crippen LogP contribution in [0.2, 0.25) is 5.02 Å². The summed E-state index contributed by atoms with van der Waals surface area (Å²) < 4.78 is 1.62. The largest absolute Gasteiger partial charge is 0.344 e. The van der Waals surface area contributed by atoms with Crippen molar-refractivity contribution in [2.45, 2.75) is 13.0 Å². The zero-order chi connectivity index (χ0) is 20.2. The summed E-state index contributed by atoms with van der Waals surface area (Å²) in [6.07, 6.45) is 3.36. The molecule has 4 aromatic rings. The third-order valence-corrected chi connectivity index (χ3v) is 4.79. The van der Waals surface area contributed by atoms with Crippen molar-refractivity contribution in [3.8, 4) is 16.9 Å². The van der Waals surface area contributed by atoms with Crippen LogP contribution in [0.3, 0.4) is 0 Å². The summed E-state index contributed by atoms with van der Waals surface area (Å²) in [5.74, 6) is -0.305. The van der Waals surface area contributed by atoms with Crippen molar-refractivity contribution >= 4 is 17.5 Å². The van der Waals surface area contributed by atoms with Gasteiger partial charge < -0.3 is 5.32 Å². The van der Waals surface area contributed by atoms with E-state index in [0.717, 1.165) is 16.8 Å². The molecule has 2 aromatic heterocycles. The lowest BCUT2D eigenvalue weighted by Gasteiger charge is -2.14. The number of benzene rings is 2. The van der Waals surface area contributed by atoms with Gasteiger partial charge >= 0.3 is 0 Å². The molecule has 1 N–H and O–H groups in total. The van der Waals surface area contributed by atoms with Crippen LogP contribution in [-0.2, 0) is 0 Å². The topological polar surface area (TPSA) is 72.7 Å². The van der Waals surface area contributed by atoms with Gasteiger partial charge in [0.05, 0.1) is 11.7 Å². The Balaban J connectivity index is 1.73. The Morgan fingerprint density at radius 2 is 1.79 bits per heavy atom. The van der Waals surface area contributed by atoms with Gasteiger partial charge in [0.2, 0.25) is 0 Å². The van der Waals surface area contributed by atoms with Gasteiger partial charge in [-0.05, 0) is 48.9 Å². The van der Waals surface area contributed by atoms with Crippen LogP contribution in [0.25, 0.3) is 16.9 Å². The zero-order valence-electron chi connectivity index (χ0n) is 15.7. The van der Waals surface area contributed by atoms with Crippen molar-refractivity contribution in [2.24, 2.45) is 0 Å². The van der Waals surface area contributed by atoms with Gasteiger partial charge in [-0.1, -0.05) is 47.1 Å². The van der Waals surface area contributed by atoms with Crippen LogP contribution in [0.1, 0.15) is 29.0 Å². The molecule has 2 heterocycles. The lowest BCUT2D eigenvalue weighted by Crippen LogP contribution is -2.27. The second-order valence-corrected chi connectivity index (χ2v) is 6.96. The molecular weight excluding hydrogens is 386 g/mol. The minimum atomic E-state index is -0.305. The molecule has 7 heteroatoms. The summed E-state index contributed by atoms with van der Waals surface area (Å²) in [5.41, 5.74) is 3.30. The number of aromatic nitrogens is 4. The van der Waals surface area contributed by atoms with Gasteiger partial charge in [0.15, 0.2) is 5.69 Å². The predicted molar refractivity (Wildman–Crippen MR) is 112 cm³/mol. The molecule has 0 radical (unpaired) electrons. The quantitative estimate of drug-likeness (QED) is 0.533. The van der Waals surface area contributed by atoms with Crippen molar-refractivity contribution in [3.05, 3.63) is 95.4 Å². The highest BCUT2D eigenvalue weighted by molar-refractivity contribution is 6.30. The van der Waals surface area contributed by atoms with E-state index in [4.69, 9.17) is 11.6 Å². The fourth-order valence-corrected chi connectivity index (χ4v) is 3.18. The molecule has 6 nitrogen and oxygen atoms in total. The van der Waals surface area contributed by atoms with Gasteiger partial charge in [-0.25, -0.2) is 4.68 Å². The number of nitrogens with one attached hydrogen (secondary N) is 1. The number of amides is 1. The standard InChI is InChI=1S/C22H18ClN5O/c1-15(16-6-3-2-4-7-16)25-22(29)20-21(17-8-5-13-24-14-17)28(27-26-20)19-11-9-18(23)10-12-19/h2-15H,1H3,(H,25,29). The fraction of sp³-hybridized carbons (Fsp3) is 0.0909. The first-order valence-electron chi connectivity index (χ1n) is 9.11. The molecule has 0 saturated carbocycles. The number of nitrogens with zero attached hydrogens (tertiary/aromatic N) is 4. The molecule has 144 valence electrons. The molecule has 0 saturated heterocycles. The summed E-state index contributed by atoms with van der Waals surface area (Å²) in [7, 11) is 0. The van der Waals surface area contributed by atoms with Gasteiger partial charge in [-0.2, -0.15) is 0 Å². The van der Waals surface area contributed by atoms with Crippen LogP contribution in [0.4, 0.5) is 0 Å². The molecule has 1 unspecified atom stereocenters. The molecule has 0 fully saturated rings. The van der Waals surface area contributed by atoms with E-state index in [0.29, 0.717) is 10.7 Å². The smallest absolute Gasteiger partial charge is 0.274 e. The highest BCUT2D eigenvalue weighted by atomic mass is 35.5. The minimum Gasteiger partial charge on any atom is -0.344 e. The van der Waals surface area contributed by atoms with Gasteiger partial charge in [0.1, 0.15) is 5.69 Å². The fourth-order valence-electron chi connectivity index (χ4n) is 3.05. The van der Waals surface area contributed by atoms with Crippen LogP contribution >= 0.6 is 11.6 Å². The molecule has 0 aliphatic rings. The van der Waals surface area contributed by atoms with Gasteiger partial charge in [0, 0.05) is 23.0 Å². The number of carbonyl (C=O) groups excluding carboxylic acids is 1. The number of pyridine rings is 1. The predicted octanol–water partition coefficient (Wildman–Crippen LogP) is 4.47. The molecular formula is C22H18ClN5O. The first-order valence-corrected chi connectivity index (χ1v) is 9.49. The van der Waals surface area contributed by atoms with E-state index in [1.54, 1.807) is 29.2 Å². The van der Waals surface area contributed by atoms with Crippen molar-refractivity contribution in [1.29, 1.82) is 0 Å². The number of halogens is 1. The normalized spacial score (nSPS) is 11.8. The number of hydrogen-bond acceptors (Lipinski definition) is 4. The van der Waals surface area contributed by atoms with Crippen molar-refractivity contribution in [1.82, 2.24) is 25.3 Å². The molecule has 0 aliphatic heterocycles. The van der Waals surface area contributed by atoms with Gasteiger partial charge in [-0.15, -0.1) is 5.10 Å². The summed E-state index contributed by atoms with van der Waals surface area (Å²) >= 11 is 6.01. The maximum absolute atomic E-state index is 13.1. The average Bonchev–Trinajstić information content (AvgIpc) is 3.21. The Bertz CT molecular complexity index is 1110. The zero-order valence-corrected chi connectivity index (χ0v) is 16.4. The van der Waals surface area contributed by atoms with Crippen LogP contribution in [0.15, 0.2) is 79.1 Å². The van der Waals surface area contributed by atoms with Crippen molar-refractivity contribution in [3.63, 3.8) is 0 Å². The van der Waals surface area contributed by atoms with Crippen LogP contribution in [-0.4, -0.2) is 25.9 Å². The van der Waals surface area contributed by atoms with E-state index in [-0.39, 0.29) is 17.6 Å². The summed E-state index contributed by atoms with van der Waals surface area (Å²) in [6.45, 7) is 1.93. The van der Waals surface area contributed by atoms with Crippen molar-refractivity contribution in [2.75, 3.05) is 0 Å². The molecule has 2 aromatic carbocycles. The van der Waals surface area contributed by atoms with E-state index in [1.165, 1.54) is 0 Å². The molecule has 0 aliphatic carbocycles. The number of hydrogen-bond donors (Lipinski definition) is 1. The maximum atomic E-state index is 13.1. The SMILES string of the molecule is CC(NC(=O)c1nnn(-c2ccc(Cl)cc2)c1-c1cccnc1)c1ccccc1. The molecule has 4 rings (SSSR count). The second-order valence-electron chi connectivity index (χ2n) is 6.52. The van der Waals surface area contributed by atoms with E-state index < -0.39 is 0 Å². The summed E-state index contributed by atoms with van der Waals surface area (Å²) in [5, 5.41) is 12.0.